The Morgan fingerprint density at radius 1 is 1.44 bits per heavy atom. The Kier molecular flexibility index (Phi) is 3.67. The minimum Gasteiger partial charge on any atom is -0.384 e. The first-order chi connectivity index (χ1) is 7.72. The molecular weight excluding hydrogens is 266 g/mol. The SMILES string of the molecule is COCC1(c2ccccc2Br)CC(CN)C1. The molecule has 0 amide bonds. The number of ether oxygens (including phenoxy) is 1. The molecule has 88 valence electrons. The molecule has 2 N–H and O–H groups in total. The third-order valence-electron chi connectivity index (χ3n) is 3.56. The van der Waals surface area contributed by atoms with Crippen molar-refractivity contribution in [1.29, 1.82) is 0 Å². The second kappa shape index (κ2) is 4.86. The third-order valence-corrected chi connectivity index (χ3v) is 4.25. The highest BCUT2D eigenvalue weighted by molar-refractivity contribution is 9.10. The van der Waals surface area contributed by atoms with Crippen LogP contribution in [-0.2, 0) is 10.2 Å². The van der Waals surface area contributed by atoms with Crippen molar-refractivity contribution in [2.75, 3.05) is 20.3 Å². The van der Waals surface area contributed by atoms with Gasteiger partial charge >= 0.3 is 0 Å². The van der Waals surface area contributed by atoms with Gasteiger partial charge < -0.3 is 10.5 Å². The van der Waals surface area contributed by atoms with E-state index in [-0.39, 0.29) is 5.41 Å². The second-order valence-electron chi connectivity index (χ2n) is 4.70. The van der Waals surface area contributed by atoms with Gasteiger partial charge in [0.2, 0.25) is 0 Å². The Bertz CT molecular complexity index is 361. The van der Waals surface area contributed by atoms with Gasteiger partial charge in [-0.25, -0.2) is 0 Å². The summed E-state index contributed by atoms with van der Waals surface area (Å²) in [6, 6.07) is 8.43. The largest absolute Gasteiger partial charge is 0.384 e. The lowest BCUT2D eigenvalue weighted by molar-refractivity contribution is 0.0418. The molecular formula is C13H18BrNO. The molecule has 1 aliphatic carbocycles. The van der Waals surface area contributed by atoms with Crippen LogP contribution in [0.3, 0.4) is 0 Å². The maximum absolute atomic E-state index is 5.71. The Labute approximate surface area is 105 Å². The van der Waals surface area contributed by atoms with Crippen LogP contribution in [0.5, 0.6) is 0 Å². The van der Waals surface area contributed by atoms with Gasteiger partial charge in [0.05, 0.1) is 6.61 Å². The zero-order chi connectivity index (χ0) is 11.6. The maximum Gasteiger partial charge on any atom is 0.0559 e. The predicted octanol–water partition coefficient (Wildman–Crippen LogP) is 2.70. The van der Waals surface area contributed by atoms with Crippen molar-refractivity contribution in [2.24, 2.45) is 11.7 Å². The zero-order valence-electron chi connectivity index (χ0n) is 9.58. The topological polar surface area (TPSA) is 35.2 Å². The molecule has 0 saturated heterocycles. The maximum atomic E-state index is 5.71. The van der Waals surface area contributed by atoms with Gasteiger partial charge in [0.25, 0.3) is 0 Å². The lowest BCUT2D eigenvalue weighted by Crippen LogP contribution is -2.47. The quantitative estimate of drug-likeness (QED) is 0.922. The lowest BCUT2D eigenvalue weighted by Gasteiger charge is -2.48. The van der Waals surface area contributed by atoms with E-state index in [1.54, 1.807) is 7.11 Å². The van der Waals surface area contributed by atoms with Crippen molar-refractivity contribution in [1.82, 2.24) is 0 Å². The summed E-state index contributed by atoms with van der Waals surface area (Å²) in [5.41, 5.74) is 7.26. The first kappa shape index (κ1) is 12.1. The molecule has 0 unspecified atom stereocenters. The van der Waals surface area contributed by atoms with E-state index in [0.29, 0.717) is 5.92 Å². The molecule has 1 aromatic carbocycles. The van der Waals surface area contributed by atoms with Crippen molar-refractivity contribution in [3.63, 3.8) is 0 Å². The molecule has 2 nitrogen and oxygen atoms in total. The van der Waals surface area contributed by atoms with E-state index in [1.807, 2.05) is 6.07 Å². The van der Waals surface area contributed by atoms with Crippen molar-refractivity contribution >= 4 is 15.9 Å². The average molecular weight is 284 g/mol. The normalized spacial score (nSPS) is 28.8. The van der Waals surface area contributed by atoms with Crippen LogP contribution >= 0.6 is 15.9 Å². The number of hydrogen-bond donors (Lipinski definition) is 1. The van der Waals surface area contributed by atoms with E-state index >= 15 is 0 Å². The Hall–Kier alpha value is -0.380. The summed E-state index contributed by atoms with van der Waals surface area (Å²) >= 11 is 3.63. The Morgan fingerprint density at radius 2 is 2.12 bits per heavy atom. The molecule has 0 heterocycles. The van der Waals surface area contributed by atoms with E-state index in [1.165, 1.54) is 10.0 Å². The number of methoxy groups -OCH3 is 1. The molecule has 1 saturated carbocycles. The smallest absolute Gasteiger partial charge is 0.0559 e. The summed E-state index contributed by atoms with van der Waals surface area (Å²) in [4.78, 5) is 0. The van der Waals surface area contributed by atoms with E-state index < -0.39 is 0 Å². The Balaban J connectivity index is 2.24. The van der Waals surface area contributed by atoms with Crippen LogP contribution in [0.2, 0.25) is 0 Å². The molecule has 1 fully saturated rings. The molecule has 0 radical (unpaired) electrons. The molecule has 0 spiro atoms. The summed E-state index contributed by atoms with van der Waals surface area (Å²) in [6.07, 6.45) is 2.28. The Morgan fingerprint density at radius 3 is 2.69 bits per heavy atom. The average Bonchev–Trinajstić information content (AvgIpc) is 2.24. The van der Waals surface area contributed by atoms with Gasteiger partial charge in [0.15, 0.2) is 0 Å². The van der Waals surface area contributed by atoms with Crippen LogP contribution < -0.4 is 5.73 Å². The highest BCUT2D eigenvalue weighted by Gasteiger charge is 2.45. The van der Waals surface area contributed by atoms with Crippen LogP contribution in [0.15, 0.2) is 28.7 Å². The first-order valence-electron chi connectivity index (χ1n) is 5.66. The summed E-state index contributed by atoms with van der Waals surface area (Å²) < 4.78 is 6.57. The van der Waals surface area contributed by atoms with Crippen LogP contribution in [0, 0.1) is 5.92 Å². The van der Waals surface area contributed by atoms with Crippen molar-refractivity contribution in [3.8, 4) is 0 Å². The van der Waals surface area contributed by atoms with Gasteiger partial charge in [0.1, 0.15) is 0 Å². The summed E-state index contributed by atoms with van der Waals surface area (Å²) in [5, 5.41) is 0. The standard InChI is InChI=1S/C13H18BrNO/c1-16-9-13(6-10(7-13)8-15)11-4-2-3-5-12(11)14/h2-5,10H,6-9,15H2,1H3. The second-order valence-corrected chi connectivity index (χ2v) is 5.56. The zero-order valence-corrected chi connectivity index (χ0v) is 11.2. The van der Waals surface area contributed by atoms with Crippen LogP contribution in [0.25, 0.3) is 0 Å². The fraction of sp³-hybridized carbons (Fsp3) is 0.538. The summed E-state index contributed by atoms with van der Waals surface area (Å²) in [6.45, 7) is 1.57. The molecule has 1 aromatic rings. The number of nitrogens with two attached hydrogens (primary N) is 1. The molecule has 3 heteroatoms. The van der Waals surface area contributed by atoms with Gasteiger partial charge in [-0.15, -0.1) is 0 Å². The third kappa shape index (κ3) is 2.04. The van der Waals surface area contributed by atoms with E-state index in [2.05, 4.69) is 34.1 Å². The van der Waals surface area contributed by atoms with E-state index in [0.717, 1.165) is 26.0 Å². The first-order valence-corrected chi connectivity index (χ1v) is 6.45. The number of halogens is 1. The predicted molar refractivity (Wildman–Crippen MR) is 69.5 cm³/mol. The van der Waals surface area contributed by atoms with E-state index in [9.17, 15) is 0 Å². The minimum atomic E-state index is 0.179. The molecule has 0 aromatic heterocycles. The highest BCUT2D eigenvalue weighted by Crippen LogP contribution is 2.49. The monoisotopic (exact) mass is 283 g/mol. The molecule has 1 aliphatic rings. The summed E-state index contributed by atoms with van der Waals surface area (Å²) in [7, 11) is 1.77. The van der Waals surface area contributed by atoms with Crippen molar-refractivity contribution in [2.45, 2.75) is 18.3 Å². The van der Waals surface area contributed by atoms with Gasteiger partial charge in [-0.1, -0.05) is 34.1 Å². The lowest BCUT2D eigenvalue weighted by atomic mass is 9.59. The molecule has 16 heavy (non-hydrogen) atoms. The van der Waals surface area contributed by atoms with Crippen LogP contribution in [-0.4, -0.2) is 20.3 Å². The van der Waals surface area contributed by atoms with E-state index in [4.69, 9.17) is 10.5 Å². The highest BCUT2D eigenvalue weighted by atomic mass is 79.9. The minimum absolute atomic E-state index is 0.179. The van der Waals surface area contributed by atoms with Crippen molar-refractivity contribution in [3.05, 3.63) is 34.3 Å². The number of benzene rings is 1. The molecule has 2 rings (SSSR count). The summed E-state index contributed by atoms with van der Waals surface area (Å²) in [5.74, 6) is 0.655. The number of hydrogen-bond acceptors (Lipinski definition) is 2. The van der Waals surface area contributed by atoms with Crippen molar-refractivity contribution < 1.29 is 4.74 Å². The molecule has 0 aliphatic heterocycles. The fourth-order valence-electron chi connectivity index (χ4n) is 2.80. The van der Waals surface area contributed by atoms with Gasteiger partial charge in [-0.05, 0) is 36.9 Å². The van der Waals surface area contributed by atoms with Gasteiger partial charge in [-0.3, -0.25) is 0 Å². The fourth-order valence-corrected chi connectivity index (χ4v) is 3.50. The van der Waals surface area contributed by atoms with Crippen LogP contribution in [0.4, 0.5) is 0 Å². The molecule has 0 atom stereocenters. The van der Waals surface area contributed by atoms with Gasteiger partial charge in [-0.2, -0.15) is 0 Å². The molecule has 0 bridgehead atoms. The van der Waals surface area contributed by atoms with Gasteiger partial charge in [0, 0.05) is 17.0 Å². The van der Waals surface area contributed by atoms with Crippen LogP contribution in [0.1, 0.15) is 18.4 Å². The number of rotatable bonds is 4.